The molecule has 0 aliphatic heterocycles. The topological polar surface area (TPSA) is 114 Å². The van der Waals surface area contributed by atoms with Crippen LogP contribution in [0, 0.1) is 0 Å². The molecule has 0 radical (unpaired) electrons. The van der Waals surface area contributed by atoms with Crippen molar-refractivity contribution in [3.8, 4) is 0 Å². The lowest BCUT2D eigenvalue weighted by molar-refractivity contribution is -0.692. The van der Waals surface area contributed by atoms with Crippen LogP contribution in [-0.4, -0.2) is 69.8 Å². The Kier molecular flexibility index (Phi) is 11.5. The van der Waals surface area contributed by atoms with E-state index in [2.05, 4.69) is 17.6 Å². The van der Waals surface area contributed by atoms with Gasteiger partial charge in [-0.15, -0.1) is 0 Å². The van der Waals surface area contributed by atoms with E-state index in [1.54, 1.807) is 21.3 Å². The highest BCUT2D eigenvalue weighted by Crippen LogP contribution is 2.47. The summed E-state index contributed by atoms with van der Waals surface area (Å²) in [5.41, 5.74) is 1.24. The van der Waals surface area contributed by atoms with Gasteiger partial charge in [0.05, 0.1) is 0 Å². The lowest BCUT2D eigenvalue weighted by Crippen LogP contribution is -2.57. The van der Waals surface area contributed by atoms with Crippen molar-refractivity contribution in [2.75, 3.05) is 21.3 Å². The first-order chi connectivity index (χ1) is 16.4. The van der Waals surface area contributed by atoms with Gasteiger partial charge in [0, 0.05) is 39.9 Å². The second-order valence-electron chi connectivity index (χ2n) is 6.52. The number of nitrogens with zero attached hydrogens (tertiary/aromatic N) is 2. The van der Waals surface area contributed by atoms with Crippen LogP contribution >= 0.6 is 0 Å². The summed E-state index contributed by atoms with van der Waals surface area (Å²) < 4.78 is 179. The molecule has 0 saturated heterocycles. The molecule has 0 aliphatic carbocycles. The smallest absolute Gasteiger partial charge is 0.425 e. The number of hydrogen-bond donors (Lipinski definition) is 0. The van der Waals surface area contributed by atoms with E-state index < -0.39 is 51.7 Å². The fourth-order valence-electron chi connectivity index (χ4n) is 2.15. The summed E-state index contributed by atoms with van der Waals surface area (Å²) >= 11 is 0. The summed E-state index contributed by atoms with van der Waals surface area (Å²) in [6, 6.07) is 6.13. The zero-order valence-corrected chi connectivity index (χ0v) is 21.7. The maximum absolute atomic E-state index is 12.3. The van der Waals surface area contributed by atoms with E-state index in [0.717, 1.165) is 6.42 Å². The molecule has 0 saturated carbocycles. The van der Waals surface area contributed by atoms with E-state index >= 15 is 0 Å². The molecule has 1 aromatic rings. The predicted molar refractivity (Wildman–Crippen MR) is 106 cm³/mol. The molecule has 1 aromatic heterocycles. The van der Waals surface area contributed by atoms with Gasteiger partial charge in [-0.2, -0.15) is 48.5 Å². The Balaban J connectivity index is 0.000000724. The fraction of sp³-hybridized carbons (Fsp3) is 0.667. The molecule has 0 fully saturated rings. The highest BCUT2D eigenvalue weighted by Gasteiger charge is 2.68. The van der Waals surface area contributed by atoms with E-state index in [4.69, 9.17) is 13.3 Å². The largest absolute Gasteiger partial charge is 0.569 e. The minimum absolute atomic E-state index is 0.422. The van der Waals surface area contributed by atoms with Crippen LogP contribution in [0.3, 0.4) is 0 Å². The Morgan fingerprint density at radius 1 is 0.784 bits per heavy atom. The summed E-state index contributed by atoms with van der Waals surface area (Å²) in [6.07, 6.45) is -10.4. The van der Waals surface area contributed by atoms with Gasteiger partial charge in [-0.25, -0.2) is 16.8 Å². The molecule has 9 nitrogen and oxygen atoms in total. The number of rotatable bonds is 10. The minimum Gasteiger partial charge on any atom is -0.425 e. The molecule has 0 spiro atoms. The summed E-state index contributed by atoms with van der Waals surface area (Å²) in [4.78, 5) is 0. The molecule has 0 aliphatic rings. The Morgan fingerprint density at radius 3 is 1.46 bits per heavy atom. The zero-order valence-electron chi connectivity index (χ0n) is 19.1. The highest BCUT2D eigenvalue weighted by molar-refractivity contribution is 8.13. The summed E-state index contributed by atoms with van der Waals surface area (Å²) in [5.74, 6) is 0. The molecule has 0 N–H and O–H groups in total. The van der Waals surface area contributed by atoms with Gasteiger partial charge in [-0.3, -0.25) is 0 Å². The van der Waals surface area contributed by atoms with E-state index in [-0.39, 0.29) is 0 Å². The molecule has 0 unspecified atom stereocenters. The quantitative estimate of drug-likeness (QED) is 0.224. The van der Waals surface area contributed by atoms with Crippen LogP contribution in [0.4, 0.5) is 43.9 Å². The number of aryl methyl sites for hydroxylation is 1. The second kappa shape index (κ2) is 12.1. The van der Waals surface area contributed by atoms with Gasteiger partial charge in [-0.05, 0) is 0 Å². The van der Waals surface area contributed by atoms with Crippen molar-refractivity contribution in [3.63, 3.8) is 0 Å². The zero-order chi connectivity index (χ0) is 29.7. The van der Waals surface area contributed by atoms with Crippen molar-refractivity contribution < 1.29 is 78.6 Å². The van der Waals surface area contributed by atoms with Crippen LogP contribution in [0.25, 0.3) is 4.13 Å². The minimum atomic E-state index is -7.62. The fourth-order valence-corrected chi connectivity index (χ4v) is 6.13. The molecule has 0 atom stereocenters. The molecule has 1 rings (SSSR count). The molecular formula is C15H20F10N2O7S2Si. The lowest BCUT2D eigenvalue weighted by atomic mass is 10.3. The van der Waals surface area contributed by atoms with Gasteiger partial charge in [0.15, 0.2) is 31.9 Å². The number of hydrogen-bond acceptors (Lipinski definition) is 7. The van der Waals surface area contributed by atoms with Crippen molar-refractivity contribution in [1.29, 1.82) is 0 Å². The Bertz CT molecular complexity index is 1050. The van der Waals surface area contributed by atoms with Crippen molar-refractivity contribution in [3.05, 3.63) is 34.2 Å². The van der Waals surface area contributed by atoms with E-state index in [1.165, 1.54) is 5.69 Å². The molecule has 0 aromatic carbocycles. The van der Waals surface area contributed by atoms with Gasteiger partial charge in [-0.1, -0.05) is 13.0 Å². The van der Waals surface area contributed by atoms with Crippen LogP contribution in [0.15, 0.2) is 24.4 Å². The molecule has 1 heterocycles. The summed E-state index contributed by atoms with van der Waals surface area (Å²) in [7, 11) is -12.9. The second-order valence-corrected chi connectivity index (χ2v) is 13.0. The van der Waals surface area contributed by atoms with Gasteiger partial charge in [0.25, 0.3) is 0 Å². The normalized spacial score (nSPS) is 14.2. The molecular weight excluding hydrogens is 602 g/mol. The first kappa shape index (κ1) is 35.4. The first-order valence-corrected chi connectivity index (χ1v) is 14.0. The average molecular weight is 623 g/mol. The number of aromatic nitrogens is 1. The molecule has 218 valence electrons. The molecule has 37 heavy (non-hydrogen) atoms. The Morgan fingerprint density at radius 2 is 1.16 bits per heavy atom. The molecule has 0 bridgehead atoms. The molecule has 0 amide bonds. The number of alkyl halides is 10. The molecule has 22 heteroatoms. The Hall–Kier alpha value is -1.59. The maximum Gasteiger partial charge on any atom is 0.569 e. The van der Waals surface area contributed by atoms with Crippen LogP contribution in [-0.2, 0) is 45.9 Å². The van der Waals surface area contributed by atoms with Gasteiger partial charge in [0.2, 0.25) is 6.17 Å². The number of halogens is 10. The van der Waals surface area contributed by atoms with Crippen LogP contribution in [0.1, 0.15) is 12.6 Å². The van der Waals surface area contributed by atoms with Gasteiger partial charge >= 0.3 is 31.7 Å². The third-order valence-corrected chi connectivity index (χ3v) is 10.1. The van der Waals surface area contributed by atoms with Crippen LogP contribution < -0.4 is 4.57 Å². The van der Waals surface area contributed by atoms with Crippen molar-refractivity contribution in [2.45, 2.75) is 42.4 Å². The van der Waals surface area contributed by atoms with E-state index in [1.807, 2.05) is 18.3 Å². The highest BCUT2D eigenvalue weighted by atomic mass is 32.3. The average Bonchev–Trinajstić information content (AvgIpc) is 2.76. The summed E-state index contributed by atoms with van der Waals surface area (Å²) in [6.45, 7) is 2.13. The first-order valence-electron chi connectivity index (χ1n) is 9.17. The standard InChI is InChI=1S/C11H20NO3Si.C4F10NO4S2/c1-5-11-8-6-7-9-12(11)10-16(13-2,14-3)15-4;5-1(6,7)3(11,12)20(16,17)15-21(18,19)4(13,14)2(8,9)10/h6-9H,5,10H2,1-4H3;/q+1;-1. The van der Waals surface area contributed by atoms with E-state index in [0.29, 0.717) is 10.3 Å². The van der Waals surface area contributed by atoms with Gasteiger partial charge < -0.3 is 17.4 Å². The lowest BCUT2D eigenvalue weighted by Gasteiger charge is -2.31. The number of sulfonamides is 2. The van der Waals surface area contributed by atoms with Crippen LogP contribution in [0.5, 0.6) is 0 Å². The van der Waals surface area contributed by atoms with Crippen molar-refractivity contribution in [2.24, 2.45) is 0 Å². The Labute approximate surface area is 205 Å². The third-order valence-electron chi connectivity index (χ3n) is 4.20. The monoisotopic (exact) mass is 622 g/mol. The van der Waals surface area contributed by atoms with E-state index in [9.17, 15) is 60.7 Å². The predicted octanol–water partition coefficient (Wildman–Crippen LogP) is 3.28. The van der Waals surface area contributed by atoms with Gasteiger partial charge in [0.1, 0.15) is 0 Å². The van der Waals surface area contributed by atoms with Crippen molar-refractivity contribution in [1.82, 2.24) is 0 Å². The SMILES string of the molecule is CCc1cccc[n+]1C[Si](OC)(OC)OC.O=S(=O)([N-]S(=O)(=O)C(F)(F)C(F)(F)F)C(F)(F)C(F)(F)F. The van der Waals surface area contributed by atoms with Crippen LogP contribution in [0.2, 0.25) is 0 Å². The maximum atomic E-state index is 12.3. The van der Waals surface area contributed by atoms with Crippen molar-refractivity contribution >= 4 is 28.9 Å². The summed E-state index contributed by atoms with van der Waals surface area (Å²) in [5, 5.41) is -14.0. The number of pyridine rings is 1. The third kappa shape index (κ3) is 7.95.